The summed E-state index contributed by atoms with van der Waals surface area (Å²) >= 11 is 0. The fourth-order valence-electron chi connectivity index (χ4n) is 15.4. The van der Waals surface area contributed by atoms with E-state index in [1.807, 2.05) is 0 Å². The van der Waals surface area contributed by atoms with Crippen molar-refractivity contribution in [1.82, 2.24) is 60.0 Å². The summed E-state index contributed by atoms with van der Waals surface area (Å²) in [5, 5.41) is 8.26. The first-order valence-electron chi connectivity index (χ1n) is 36.4. The van der Waals surface area contributed by atoms with E-state index >= 15 is 37.5 Å². The van der Waals surface area contributed by atoms with Gasteiger partial charge < -0.3 is 64.8 Å². The lowest BCUT2D eigenvalue weighted by molar-refractivity contribution is -0.157. The Kier molecular flexibility index (Phi) is 28.8. The van der Waals surface area contributed by atoms with E-state index in [0.29, 0.717) is 50.7 Å². The number of hydrogen-bond acceptors (Lipinski definition) is 13. The summed E-state index contributed by atoms with van der Waals surface area (Å²) in [5.74, 6) is -18.4. The van der Waals surface area contributed by atoms with Gasteiger partial charge in [-0.2, -0.15) is 13.2 Å². The predicted molar refractivity (Wildman–Crippen MR) is 370 cm³/mol. The summed E-state index contributed by atoms with van der Waals surface area (Å²) in [6.45, 7) is 6.98. The van der Waals surface area contributed by atoms with E-state index in [1.165, 1.54) is 77.2 Å². The highest BCUT2D eigenvalue weighted by Crippen LogP contribution is 2.41. The molecule has 0 aromatic heterocycles. The molecule has 25 nitrogen and oxygen atoms in total. The van der Waals surface area contributed by atoms with Gasteiger partial charge in [0.15, 0.2) is 0 Å². The lowest BCUT2D eigenvalue weighted by atomic mass is 9.74. The molecule has 6 aliphatic rings. The minimum absolute atomic E-state index is 0.0484. The second-order valence-electron chi connectivity index (χ2n) is 29.5. The van der Waals surface area contributed by atoms with Gasteiger partial charge in [-0.15, -0.1) is 6.58 Å². The number of carbonyl (C=O) groups excluding carboxylic acids is 12. The maximum Gasteiger partial charge on any atom is 0.422 e. The first-order valence-corrected chi connectivity index (χ1v) is 36.4. The highest BCUT2D eigenvalue weighted by Gasteiger charge is 2.54. The largest absolute Gasteiger partial charge is 0.422 e. The van der Waals surface area contributed by atoms with Gasteiger partial charge in [-0.05, 0) is 126 Å². The quantitative estimate of drug-likeness (QED) is 0.169. The molecule has 584 valence electrons. The van der Waals surface area contributed by atoms with Gasteiger partial charge in [-0.25, -0.2) is 17.6 Å². The number of fused-ring (bicyclic) bond motifs is 3. The van der Waals surface area contributed by atoms with Crippen LogP contribution in [0.2, 0.25) is 0 Å². The minimum Gasteiger partial charge on any atom is -0.377 e. The van der Waals surface area contributed by atoms with E-state index in [1.54, 1.807) is 32.9 Å². The molecule has 105 heavy (non-hydrogen) atoms. The van der Waals surface area contributed by atoms with Crippen molar-refractivity contribution in [2.75, 3.05) is 89.2 Å². The molecule has 3 saturated carbocycles. The zero-order chi connectivity index (χ0) is 77.9. The molecule has 3 aliphatic heterocycles. The maximum absolute atomic E-state index is 15.4. The molecule has 5 fully saturated rings. The van der Waals surface area contributed by atoms with E-state index in [4.69, 9.17) is 4.74 Å². The Labute approximate surface area is 609 Å². The van der Waals surface area contributed by atoms with Crippen LogP contribution in [0.25, 0.3) is 0 Å². The number of rotatable bonds is 13. The summed E-state index contributed by atoms with van der Waals surface area (Å²) < 4.78 is 107. The van der Waals surface area contributed by atoms with Crippen LogP contribution in [0.3, 0.4) is 0 Å². The standard InChI is InChI=1S/C73H105F7N12O13/c1-13-22-51-62(96)82-60(43(4)14-2)68(102)86(8)42-58(95)88(10)52-25-17-16-20-34-91(67(52)101)55(37-44-28-32-72(76,77)33-29-44)66(100)85(7)41-56(93)81-50(27-26-45-35-48(74)59(49(75)36-45)73(78,79)80)64(98)92-40-47(105-15-3)38-53(92)63(97)83-71(30-21-31-71)70(104)90(12)61(46-23-18-19-24-46)69(103)89(11)54(65(99)84(5)6)39-57(94)87(51)9/h13,16-17,35-36,43-44,46-47,50-55,60-61H,1,14-15,18-34,37-42H2,2-12H3,(H,81,93)(H,82,96)(H,83,97)/b17-16-/t43-,47+,50-,51-,52+,53-,54-,55-,60-,61-/m0/s1. The fraction of sp³-hybridized carbons (Fsp3) is 0.699. The van der Waals surface area contributed by atoms with Crippen molar-refractivity contribution >= 4 is 70.9 Å². The lowest BCUT2D eigenvalue weighted by Gasteiger charge is -2.46. The second kappa shape index (κ2) is 35.9. The Morgan fingerprint density at radius 2 is 1.35 bits per heavy atom. The molecular formula is C73H105F7N12O13. The third kappa shape index (κ3) is 20.1. The van der Waals surface area contributed by atoms with Crippen molar-refractivity contribution in [3.05, 3.63) is 59.7 Å². The highest BCUT2D eigenvalue weighted by atomic mass is 19.4. The summed E-state index contributed by atoms with van der Waals surface area (Å²) in [5.41, 5.74) is -4.25. The van der Waals surface area contributed by atoms with Gasteiger partial charge >= 0.3 is 6.18 Å². The summed E-state index contributed by atoms with van der Waals surface area (Å²) in [6, 6.07) is -10.7. The fourth-order valence-corrected chi connectivity index (χ4v) is 15.4. The molecule has 3 N–H and O–H groups in total. The predicted octanol–water partition coefficient (Wildman–Crippen LogP) is 5.22. The zero-order valence-corrected chi connectivity index (χ0v) is 62.2. The third-order valence-electron chi connectivity index (χ3n) is 22.1. The molecule has 1 spiro atoms. The third-order valence-corrected chi connectivity index (χ3v) is 22.1. The van der Waals surface area contributed by atoms with Crippen LogP contribution in [0.5, 0.6) is 0 Å². The van der Waals surface area contributed by atoms with Crippen molar-refractivity contribution in [2.24, 2.45) is 17.8 Å². The number of amides is 12. The monoisotopic (exact) mass is 1490 g/mol. The molecule has 10 atom stereocenters. The Morgan fingerprint density at radius 1 is 0.724 bits per heavy atom. The Balaban J connectivity index is 1.33. The van der Waals surface area contributed by atoms with Gasteiger partial charge in [-0.3, -0.25) is 57.5 Å². The van der Waals surface area contributed by atoms with Gasteiger partial charge in [0.1, 0.15) is 71.1 Å². The van der Waals surface area contributed by atoms with Crippen molar-refractivity contribution in [3.8, 4) is 0 Å². The van der Waals surface area contributed by atoms with Crippen molar-refractivity contribution in [2.45, 2.75) is 221 Å². The van der Waals surface area contributed by atoms with Gasteiger partial charge in [0, 0.05) is 95.3 Å². The average molecular weight is 1490 g/mol. The number of carbonyl (C=O) groups is 12. The molecular weight excluding hydrogens is 1390 g/mol. The molecule has 1 aromatic rings. The lowest BCUT2D eigenvalue weighted by Crippen LogP contribution is -2.68. The number of alkyl halides is 5. The number of aryl methyl sites for hydroxylation is 1. The number of ether oxygens (including phenoxy) is 1. The van der Waals surface area contributed by atoms with Crippen LogP contribution in [0.15, 0.2) is 36.9 Å². The molecule has 3 aliphatic carbocycles. The number of nitrogens with zero attached hydrogens (tertiary/aromatic N) is 9. The van der Waals surface area contributed by atoms with Gasteiger partial charge in [0.2, 0.25) is 76.8 Å². The van der Waals surface area contributed by atoms with Crippen molar-refractivity contribution in [1.29, 1.82) is 0 Å². The van der Waals surface area contributed by atoms with Gasteiger partial charge in [0.25, 0.3) is 0 Å². The minimum atomic E-state index is -5.44. The Morgan fingerprint density at radius 3 is 1.92 bits per heavy atom. The van der Waals surface area contributed by atoms with Crippen molar-refractivity contribution in [3.63, 3.8) is 0 Å². The molecule has 1 aromatic carbocycles. The van der Waals surface area contributed by atoms with Crippen LogP contribution in [0.4, 0.5) is 30.7 Å². The second-order valence-corrected chi connectivity index (χ2v) is 29.5. The molecule has 12 amide bonds. The van der Waals surface area contributed by atoms with Gasteiger partial charge in [-0.1, -0.05) is 51.3 Å². The summed E-state index contributed by atoms with van der Waals surface area (Å²) in [4.78, 5) is 190. The van der Waals surface area contributed by atoms with Crippen LogP contribution in [-0.2, 0) is 74.9 Å². The smallest absolute Gasteiger partial charge is 0.377 e. The van der Waals surface area contributed by atoms with Crippen LogP contribution >= 0.6 is 0 Å². The topological polar surface area (TPSA) is 279 Å². The molecule has 0 radical (unpaired) electrons. The summed E-state index contributed by atoms with van der Waals surface area (Å²) in [7, 11) is 10.7. The molecule has 3 heterocycles. The maximum atomic E-state index is 15.4. The zero-order valence-electron chi connectivity index (χ0n) is 62.2. The highest BCUT2D eigenvalue weighted by molar-refractivity contribution is 6.01. The van der Waals surface area contributed by atoms with Crippen LogP contribution in [-0.4, -0.2) is 270 Å². The van der Waals surface area contributed by atoms with E-state index in [0.717, 1.165) is 29.4 Å². The molecule has 2 saturated heterocycles. The Bertz CT molecular complexity index is 3390. The van der Waals surface area contributed by atoms with Gasteiger partial charge in [0.05, 0.1) is 25.6 Å². The number of halogens is 7. The number of hydrogen-bond donors (Lipinski definition) is 3. The normalized spacial score (nSPS) is 27.8. The van der Waals surface area contributed by atoms with E-state index in [9.17, 15) is 50.7 Å². The average Bonchev–Trinajstić information content (AvgIpc) is 1.66. The van der Waals surface area contributed by atoms with Crippen LogP contribution < -0.4 is 16.0 Å². The van der Waals surface area contributed by atoms with E-state index < -0.39 is 223 Å². The van der Waals surface area contributed by atoms with Crippen LogP contribution in [0, 0.1) is 29.4 Å². The Hall–Kier alpha value is -8.19. The first-order chi connectivity index (χ1) is 49.3. The van der Waals surface area contributed by atoms with E-state index in [-0.39, 0.29) is 83.0 Å². The molecule has 7 rings (SSSR count). The van der Waals surface area contributed by atoms with E-state index in [2.05, 4.69) is 22.5 Å². The molecule has 2 bridgehead atoms. The number of benzene rings is 1. The molecule has 32 heteroatoms. The number of likely N-dealkylation sites (N-methyl/N-ethyl adjacent to an activating group) is 7. The SMILES string of the molecule is C=CC[C@H]1C(=O)N[C@@H]([C@@H](C)CC)C(=O)N(C)CC(=O)N(C)[C@@H]2C/C=C\CCN(C2=O)[C@@H](CC2CCC(F)(F)CC2)C(=O)N(C)CC(=O)N[C@@H](CCc2cc(F)c(C(F)(F)F)c(F)c2)C(=O)N2C[C@H](OCC)C[C@H]2C(=O)NC2(CCC2)C(=O)N(C)[C@@H](C2CCCC2)C(=O)N(C)[C@H](C(=O)N(C)C)CC(=O)N1C. The number of nitrogens with one attached hydrogen (secondary N) is 3. The van der Waals surface area contributed by atoms with Crippen LogP contribution in [0.1, 0.15) is 154 Å². The molecule has 0 unspecified atom stereocenters. The summed E-state index contributed by atoms with van der Waals surface area (Å²) in [6.07, 6.45) is -1.94. The van der Waals surface area contributed by atoms with Crippen molar-refractivity contribution < 1.29 is 93.0 Å². The first kappa shape index (κ1) is 84.1.